The highest BCUT2D eigenvalue weighted by Crippen LogP contribution is 2.38. The lowest BCUT2D eigenvalue weighted by molar-refractivity contribution is 0.404. The molecule has 0 atom stereocenters. The Bertz CT molecular complexity index is 608. The van der Waals surface area contributed by atoms with Gasteiger partial charge in [0.1, 0.15) is 16.5 Å². The van der Waals surface area contributed by atoms with Gasteiger partial charge in [-0.2, -0.15) is 0 Å². The van der Waals surface area contributed by atoms with Crippen LogP contribution in [0.1, 0.15) is 30.3 Å². The summed E-state index contributed by atoms with van der Waals surface area (Å²) in [7, 11) is 5.30. The van der Waals surface area contributed by atoms with E-state index < -0.39 is 0 Å². The smallest absolute Gasteiger partial charge is 0.129 e. The van der Waals surface area contributed by atoms with Gasteiger partial charge in [0.15, 0.2) is 0 Å². The van der Waals surface area contributed by atoms with Gasteiger partial charge < -0.3 is 14.8 Å². The highest BCUT2D eigenvalue weighted by Gasteiger charge is 2.17. The molecule has 2 aromatic rings. The number of hydrogen-bond donors (Lipinski definition) is 1. The van der Waals surface area contributed by atoms with E-state index in [2.05, 4.69) is 19.2 Å². The van der Waals surface area contributed by atoms with Crippen LogP contribution in [-0.2, 0) is 6.54 Å². The fourth-order valence-electron chi connectivity index (χ4n) is 2.20. The average Bonchev–Trinajstić information content (AvgIpc) is 2.91. The first kappa shape index (κ1) is 15.8. The van der Waals surface area contributed by atoms with Crippen LogP contribution in [-0.4, -0.2) is 26.3 Å². The van der Waals surface area contributed by atoms with Crippen LogP contribution in [0.15, 0.2) is 18.2 Å². The molecular weight excluding hydrogens is 284 g/mol. The summed E-state index contributed by atoms with van der Waals surface area (Å²) >= 11 is 1.71. The largest absolute Gasteiger partial charge is 0.497 e. The molecule has 1 aromatic carbocycles. The standard InChI is InChI=1S/C16H22N2O2S/c1-10(2)15-14(9-17-3)21-16(18-15)12-8-11(19-4)6-7-13(12)20-5/h6-8,10,17H,9H2,1-5H3. The minimum atomic E-state index is 0.398. The van der Waals surface area contributed by atoms with Crippen LogP contribution < -0.4 is 14.8 Å². The predicted molar refractivity (Wildman–Crippen MR) is 87.5 cm³/mol. The molecule has 0 fully saturated rings. The maximum Gasteiger partial charge on any atom is 0.129 e. The number of nitrogens with one attached hydrogen (secondary N) is 1. The van der Waals surface area contributed by atoms with Crippen molar-refractivity contribution < 1.29 is 9.47 Å². The molecule has 0 spiro atoms. The summed E-state index contributed by atoms with van der Waals surface area (Å²) in [4.78, 5) is 6.10. The Balaban J connectivity index is 2.52. The first-order valence-corrected chi connectivity index (χ1v) is 7.79. The van der Waals surface area contributed by atoms with Gasteiger partial charge in [0.2, 0.25) is 0 Å². The number of aromatic nitrogens is 1. The molecule has 1 aromatic heterocycles. The van der Waals surface area contributed by atoms with Crippen molar-refractivity contribution in [1.82, 2.24) is 10.3 Å². The van der Waals surface area contributed by atoms with Gasteiger partial charge in [-0.25, -0.2) is 4.98 Å². The van der Waals surface area contributed by atoms with Gasteiger partial charge in [-0.15, -0.1) is 11.3 Å². The summed E-state index contributed by atoms with van der Waals surface area (Å²) in [6.07, 6.45) is 0. The Hall–Kier alpha value is -1.59. The van der Waals surface area contributed by atoms with Crippen molar-refractivity contribution in [1.29, 1.82) is 0 Å². The third-order valence-electron chi connectivity index (χ3n) is 3.25. The summed E-state index contributed by atoms with van der Waals surface area (Å²) in [6.45, 7) is 5.17. The van der Waals surface area contributed by atoms with E-state index in [0.29, 0.717) is 5.92 Å². The number of ether oxygens (including phenoxy) is 2. The highest BCUT2D eigenvalue weighted by atomic mass is 32.1. The van der Waals surface area contributed by atoms with E-state index >= 15 is 0 Å². The molecule has 0 aliphatic carbocycles. The van der Waals surface area contributed by atoms with E-state index in [1.165, 1.54) is 4.88 Å². The monoisotopic (exact) mass is 306 g/mol. The van der Waals surface area contributed by atoms with E-state index in [0.717, 1.165) is 34.3 Å². The molecule has 0 saturated carbocycles. The zero-order chi connectivity index (χ0) is 15.4. The number of methoxy groups -OCH3 is 2. The van der Waals surface area contributed by atoms with Gasteiger partial charge >= 0.3 is 0 Å². The van der Waals surface area contributed by atoms with Gasteiger partial charge in [-0.3, -0.25) is 0 Å². The number of nitrogens with zero attached hydrogens (tertiary/aromatic N) is 1. The van der Waals surface area contributed by atoms with E-state index in [4.69, 9.17) is 14.5 Å². The van der Waals surface area contributed by atoms with Crippen molar-refractivity contribution in [2.45, 2.75) is 26.3 Å². The van der Waals surface area contributed by atoms with Crippen molar-refractivity contribution in [3.8, 4) is 22.1 Å². The second-order valence-corrected chi connectivity index (χ2v) is 6.16. The molecule has 0 aliphatic rings. The zero-order valence-corrected chi connectivity index (χ0v) is 14.0. The van der Waals surface area contributed by atoms with Crippen molar-refractivity contribution in [2.24, 2.45) is 0 Å². The molecule has 0 aliphatic heterocycles. The van der Waals surface area contributed by atoms with Crippen LogP contribution in [0, 0.1) is 0 Å². The van der Waals surface area contributed by atoms with Crippen molar-refractivity contribution >= 4 is 11.3 Å². The first-order valence-electron chi connectivity index (χ1n) is 6.97. The second-order valence-electron chi connectivity index (χ2n) is 5.08. The summed E-state index contributed by atoms with van der Waals surface area (Å²) in [5.41, 5.74) is 2.13. The van der Waals surface area contributed by atoms with Gasteiger partial charge in [0.25, 0.3) is 0 Å². The van der Waals surface area contributed by atoms with Crippen LogP contribution in [0.5, 0.6) is 11.5 Å². The average molecular weight is 306 g/mol. The molecule has 0 saturated heterocycles. The third-order valence-corrected chi connectivity index (χ3v) is 4.35. The molecule has 1 N–H and O–H groups in total. The first-order chi connectivity index (χ1) is 10.1. The molecule has 0 bridgehead atoms. The number of hydrogen-bond acceptors (Lipinski definition) is 5. The van der Waals surface area contributed by atoms with E-state index in [1.807, 2.05) is 25.2 Å². The fourth-order valence-corrected chi connectivity index (χ4v) is 3.45. The molecule has 1 heterocycles. The van der Waals surface area contributed by atoms with E-state index in [-0.39, 0.29) is 0 Å². The molecule has 21 heavy (non-hydrogen) atoms. The van der Waals surface area contributed by atoms with E-state index in [1.54, 1.807) is 25.6 Å². The molecule has 0 unspecified atom stereocenters. The normalized spacial score (nSPS) is 11.0. The van der Waals surface area contributed by atoms with Gasteiger partial charge in [-0.1, -0.05) is 13.8 Å². The van der Waals surface area contributed by atoms with Crippen LogP contribution in [0.4, 0.5) is 0 Å². The van der Waals surface area contributed by atoms with E-state index in [9.17, 15) is 0 Å². The maximum atomic E-state index is 5.46. The molecule has 5 heteroatoms. The molecular formula is C16H22N2O2S. The quantitative estimate of drug-likeness (QED) is 0.884. The molecule has 2 rings (SSSR count). The Morgan fingerprint density at radius 2 is 2.00 bits per heavy atom. The molecule has 0 amide bonds. The second kappa shape index (κ2) is 6.91. The minimum absolute atomic E-state index is 0.398. The molecule has 114 valence electrons. The minimum Gasteiger partial charge on any atom is -0.497 e. The third kappa shape index (κ3) is 3.36. The summed E-state index contributed by atoms with van der Waals surface area (Å²) in [5, 5.41) is 4.18. The lowest BCUT2D eigenvalue weighted by Crippen LogP contribution is -2.06. The lowest BCUT2D eigenvalue weighted by atomic mass is 10.1. The van der Waals surface area contributed by atoms with Gasteiger partial charge in [-0.05, 0) is 31.2 Å². The fraction of sp³-hybridized carbons (Fsp3) is 0.438. The van der Waals surface area contributed by atoms with Crippen LogP contribution in [0.2, 0.25) is 0 Å². The van der Waals surface area contributed by atoms with Crippen LogP contribution >= 0.6 is 11.3 Å². The maximum absolute atomic E-state index is 5.46. The van der Waals surface area contributed by atoms with Gasteiger partial charge in [0.05, 0.1) is 25.5 Å². The van der Waals surface area contributed by atoms with Crippen molar-refractivity contribution in [2.75, 3.05) is 21.3 Å². The number of thiazole rings is 1. The zero-order valence-electron chi connectivity index (χ0n) is 13.2. The molecule has 4 nitrogen and oxygen atoms in total. The van der Waals surface area contributed by atoms with Crippen LogP contribution in [0.25, 0.3) is 10.6 Å². The van der Waals surface area contributed by atoms with Crippen molar-refractivity contribution in [3.63, 3.8) is 0 Å². The Morgan fingerprint density at radius 3 is 2.57 bits per heavy atom. The van der Waals surface area contributed by atoms with Crippen molar-refractivity contribution in [3.05, 3.63) is 28.8 Å². The number of rotatable bonds is 6. The Kier molecular flexibility index (Phi) is 5.20. The number of benzene rings is 1. The summed E-state index contributed by atoms with van der Waals surface area (Å²) in [6, 6.07) is 5.79. The topological polar surface area (TPSA) is 43.4 Å². The highest BCUT2D eigenvalue weighted by molar-refractivity contribution is 7.15. The lowest BCUT2D eigenvalue weighted by Gasteiger charge is -2.08. The van der Waals surface area contributed by atoms with Crippen LogP contribution in [0.3, 0.4) is 0 Å². The Morgan fingerprint density at radius 1 is 1.24 bits per heavy atom. The predicted octanol–water partition coefficient (Wildman–Crippen LogP) is 3.67. The SMILES string of the molecule is CNCc1sc(-c2cc(OC)ccc2OC)nc1C(C)C. The Labute approximate surface area is 130 Å². The molecule has 0 radical (unpaired) electrons. The summed E-state index contributed by atoms with van der Waals surface area (Å²) in [5.74, 6) is 2.02. The summed E-state index contributed by atoms with van der Waals surface area (Å²) < 4.78 is 10.8. The van der Waals surface area contributed by atoms with Gasteiger partial charge in [0, 0.05) is 11.4 Å².